The highest BCUT2D eigenvalue weighted by Crippen LogP contribution is 2.25. The van der Waals surface area contributed by atoms with Gasteiger partial charge < -0.3 is 19.5 Å². The highest BCUT2D eigenvalue weighted by atomic mass is 16.5. The van der Waals surface area contributed by atoms with Crippen LogP contribution in [-0.2, 0) is 19.0 Å². The summed E-state index contributed by atoms with van der Waals surface area (Å²) in [6, 6.07) is 0.724. The second-order valence-corrected chi connectivity index (χ2v) is 5.09. The summed E-state index contributed by atoms with van der Waals surface area (Å²) in [6.07, 6.45) is 2.34. The lowest BCUT2D eigenvalue weighted by Gasteiger charge is -2.39. The van der Waals surface area contributed by atoms with Crippen molar-refractivity contribution < 1.29 is 19.0 Å². The number of hydrogen-bond acceptors (Lipinski definition) is 5. The molecular weight excluding hydrogens is 234 g/mol. The van der Waals surface area contributed by atoms with Gasteiger partial charge in [-0.2, -0.15) is 0 Å². The summed E-state index contributed by atoms with van der Waals surface area (Å²) >= 11 is 0. The number of carbonyl (C=O) groups excluding carboxylic acids is 1. The standard InChI is InChI=1S/C13H23NO4/c1-16-4-5-17-3-2-13(15)10-6-11-8-18-9-12(7-10)14-11/h10-12,14H,2-9H2,1H3. The normalized spacial score (nSPS) is 31.3. The summed E-state index contributed by atoms with van der Waals surface area (Å²) in [5.74, 6) is 0.530. The maximum Gasteiger partial charge on any atom is 0.138 e. The first-order valence-corrected chi connectivity index (χ1v) is 6.72. The fourth-order valence-corrected chi connectivity index (χ4v) is 2.72. The number of rotatable bonds is 7. The number of ether oxygens (including phenoxy) is 3. The molecule has 0 saturated carbocycles. The molecule has 5 nitrogen and oxygen atoms in total. The molecule has 0 aromatic heterocycles. The van der Waals surface area contributed by atoms with Crippen LogP contribution < -0.4 is 5.32 Å². The maximum absolute atomic E-state index is 12.1. The maximum atomic E-state index is 12.1. The van der Waals surface area contributed by atoms with E-state index in [0.29, 0.717) is 44.1 Å². The predicted octanol–water partition coefficient (Wildman–Crippen LogP) is 0.376. The molecule has 0 aliphatic carbocycles. The Morgan fingerprint density at radius 2 is 1.94 bits per heavy atom. The predicted molar refractivity (Wildman–Crippen MR) is 66.6 cm³/mol. The number of nitrogens with one attached hydrogen (secondary N) is 1. The largest absolute Gasteiger partial charge is 0.382 e. The molecule has 2 aliphatic heterocycles. The minimum Gasteiger partial charge on any atom is -0.382 e. The Morgan fingerprint density at radius 3 is 2.61 bits per heavy atom. The van der Waals surface area contributed by atoms with Crippen LogP contribution in [0.25, 0.3) is 0 Å². The van der Waals surface area contributed by atoms with E-state index in [1.165, 1.54) is 0 Å². The van der Waals surface area contributed by atoms with Gasteiger partial charge in [0.15, 0.2) is 0 Å². The first-order chi connectivity index (χ1) is 8.79. The van der Waals surface area contributed by atoms with E-state index in [2.05, 4.69) is 5.32 Å². The molecule has 2 rings (SSSR count). The molecule has 5 heteroatoms. The highest BCUT2D eigenvalue weighted by Gasteiger charge is 2.34. The fourth-order valence-electron chi connectivity index (χ4n) is 2.72. The van der Waals surface area contributed by atoms with E-state index < -0.39 is 0 Å². The van der Waals surface area contributed by atoms with Gasteiger partial charge in [-0.05, 0) is 12.8 Å². The Bertz CT molecular complexity index is 260. The van der Waals surface area contributed by atoms with Crippen molar-refractivity contribution in [2.45, 2.75) is 31.3 Å². The Hall–Kier alpha value is -0.490. The second kappa shape index (κ2) is 7.19. The molecule has 0 aromatic rings. The van der Waals surface area contributed by atoms with Crippen molar-refractivity contribution in [3.05, 3.63) is 0 Å². The Kier molecular flexibility index (Phi) is 5.56. The average Bonchev–Trinajstić information content (AvgIpc) is 2.38. The zero-order valence-electron chi connectivity index (χ0n) is 11.0. The van der Waals surface area contributed by atoms with Crippen molar-refractivity contribution in [1.82, 2.24) is 5.32 Å². The molecule has 0 aromatic carbocycles. The van der Waals surface area contributed by atoms with Crippen LogP contribution in [0, 0.1) is 5.92 Å². The van der Waals surface area contributed by atoms with Gasteiger partial charge >= 0.3 is 0 Å². The third-order valence-electron chi connectivity index (χ3n) is 3.63. The van der Waals surface area contributed by atoms with Crippen LogP contribution in [0.4, 0.5) is 0 Å². The summed E-state index contributed by atoms with van der Waals surface area (Å²) in [6.45, 7) is 3.14. The number of morpholine rings is 1. The summed E-state index contributed by atoms with van der Waals surface area (Å²) in [5, 5.41) is 3.50. The van der Waals surface area contributed by atoms with Crippen molar-refractivity contribution in [1.29, 1.82) is 0 Å². The van der Waals surface area contributed by atoms with Crippen LogP contribution in [-0.4, -0.2) is 58.0 Å². The molecule has 0 amide bonds. The van der Waals surface area contributed by atoms with Crippen LogP contribution in [0.1, 0.15) is 19.3 Å². The van der Waals surface area contributed by atoms with Gasteiger partial charge in [0.1, 0.15) is 5.78 Å². The molecule has 0 radical (unpaired) electrons. The van der Waals surface area contributed by atoms with Gasteiger partial charge in [-0.1, -0.05) is 0 Å². The third-order valence-corrected chi connectivity index (χ3v) is 3.63. The Morgan fingerprint density at radius 1 is 1.22 bits per heavy atom. The highest BCUT2D eigenvalue weighted by molar-refractivity contribution is 5.81. The third kappa shape index (κ3) is 4.02. The minimum absolute atomic E-state index is 0.191. The minimum atomic E-state index is 0.191. The van der Waals surface area contributed by atoms with Gasteiger partial charge in [-0.15, -0.1) is 0 Å². The monoisotopic (exact) mass is 257 g/mol. The molecule has 2 unspecified atom stereocenters. The number of Topliss-reactive ketones (excluding diaryl/α,β-unsaturated/α-hetero) is 1. The summed E-state index contributed by atoms with van der Waals surface area (Å²) in [5.41, 5.74) is 0. The molecule has 2 atom stereocenters. The van der Waals surface area contributed by atoms with Crippen molar-refractivity contribution in [2.24, 2.45) is 5.92 Å². The number of methoxy groups -OCH3 is 1. The first kappa shape index (κ1) is 13.9. The molecule has 2 fully saturated rings. The first-order valence-electron chi connectivity index (χ1n) is 6.72. The van der Waals surface area contributed by atoms with Crippen molar-refractivity contribution in [3.8, 4) is 0 Å². The van der Waals surface area contributed by atoms with Gasteiger partial charge in [-0.25, -0.2) is 0 Å². The summed E-state index contributed by atoms with van der Waals surface area (Å²) in [4.78, 5) is 12.1. The van der Waals surface area contributed by atoms with Crippen molar-refractivity contribution >= 4 is 5.78 Å². The van der Waals surface area contributed by atoms with E-state index in [4.69, 9.17) is 14.2 Å². The van der Waals surface area contributed by atoms with E-state index >= 15 is 0 Å². The van der Waals surface area contributed by atoms with E-state index in [-0.39, 0.29) is 5.92 Å². The zero-order valence-corrected chi connectivity index (χ0v) is 11.0. The number of fused-ring (bicyclic) bond motifs is 2. The van der Waals surface area contributed by atoms with Crippen molar-refractivity contribution in [3.63, 3.8) is 0 Å². The number of carbonyl (C=O) groups is 1. The SMILES string of the molecule is COCCOCCC(=O)C1CC2COCC(C1)N2. The Labute approximate surface area is 108 Å². The summed E-state index contributed by atoms with van der Waals surface area (Å²) in [7, 11) is 1.64. The smallest absolute Gasteiger partial charge is 0.138 e. The van der Waals surface area contributed by atoms with Crippen LogP contribution >= 0.6 is 0 Å². The van der Waals surface area contributed by atoms with Gasteiger partial charge in [-0.3, -0.25) is 4.79 Å². The molecule has 2 bridgehead atoms. The van der Waals surface area contributed by atoms with Crippen LogP contribution in [0.5, 0.6) is 0 Å². The zero-order chi connectivity index (χ0) is 12.8. The van der Waals surface area contributed by atoms with Gasteiger partial charge in [0, 0.05) is 31.5 Å². The van der Waals surface area contributed by atoms with Gasteiger partial charge in [0.25, 0.3) is 0 Å². The number of ketones is 1. The molecule has 2 heterocycles. The van der Waals surface area contributed by atoms with E-state index in [9.17, 15) is 4.79 Å². The van der Waals surface area contributed by atoms with E-state index in [0.717, 1.165) is 26.1 Å². The molecule has 104 valence electrons. The van der Waals surface area contributed by atoms with Gasteiger partial charge in [0.2, 0.25) is 0 Å². The second-order valence-electron chi connectivity index (χ2n) is 5.09. The molecular formula is C13H23NO4. The van der Waals surface area contributed by atoms with Gasteiger partial charge in [0.05, 0.1) is 33.0 Å². The fraction of sp³-hybridized carbons (Fsp3) is 0.923. The van der Waals surface area contributed by atoms with E-state index in [1.54, 1.807) is 7.11 Å². The molecule has 18 heavy (non-hydrogen) atoms. The summed E-state index contributed by atoms with van der Waals surface area (Å²) < 4.78 is 15.7. The Balaban J connectivity index is 1.66. The lowest BCUT2D eigenvalue weighted by Crippen LogP contribution is -2.55. The van der Waals surface area contributed by atoms with E-state index in [1.807, 2.05) is 0 Å². The molecule has 1 N–H and O–H groups in total. The molecule has 0 spiro atoms. The molecule has 2 saturated heterocycles. The number of piperidine rings is 1. The van der Waals surface area contributed by atoms with Crippen LogP contribution in [0.2, 0.25) is 0 Å². The number of hydrogen-bond donors (Lipinski definition) is 1. The molecule has 2 aliphatic rings. The lowest BCUT2D eigenvalue weighted by molar-refractivity contribution is -0.127. The van der Waals surface area contributed by atoms with Crippen LogP contribution in [0.15, 0.2) is 0 Å². The van der Waals surface area contributed by atoms with Crippen molar-refractivity contribution in [2.75, 3.05) is 40.1 Å². The average molecular weight is 257 g/mol. The topological polar surface area (TPSA) is 56.8 Å². The van der Waals surface area contributed by atoms with Crippen LogP contribution in [0.3, 0.4) is 0 Å². The quantitative estimate of drug-likeness (QED) is 0.668. The lowest BCUT2D eigenvalue weighted by atomic mass is 9.83.